The Hall–Kier alpha value is -1.58. The van der Waals surface area contributed by atoms with Gasteiger partial charge in [-0.3, -0.25) is 4.79 Å². The third-order valence-corrected chi connectivity index (χ3v) is 3.60. The van der Waals surface area contributed by atoms with Crippen LogP contribution in [-0.2, 0) is 0 Å². The quantitative estimate of drug-likeness (QED) is 0.675. The SMILES string of the molecule is O=C(NCC1CNCC1O)c1nc2ncc(Br)cn2n1. The van der Waals surface area contributed by atoms with Crippen molar-refractivity contribution in [2.24, 2.45) is 5.92 Å². The lowest BCUT2D eigenvalue weighted by atomic mass is 10.1. The van der Waals surface area contributed by atoms with Gasteiger partial charge in [0.2, 0.25) is 5.82 Å². The molecule has 0 aromatic carbocycles. The van der Waals surface area contributed by atoms with Crippen molar-refractivity contribution < 1.29 is 9.90 Å². The summed E-state index contributed by atoms with van der Waals surface area (Å²) in [4.78, 5) is 20.1. The molecule has 2 atom stereocenters. The molecule has 2 aromatic rings. The fraction of sp³-hybridized carbons (Fsp3) is 0.455. The molecule has 106 valence electrons. The average Bonchev–Trinajstić information content (AvgIpc) is 3.01. The van der Waals surface area contributed by atoms with Crippen LogP contribution in [0, 0.1) is 5.92 Å². The van der Waals surface area contributed by atoms with Gasteiger partial charge in [-0.05, 0) is 15.9 Å². The van der Waals surface area contributed by atoms with E-state index >= 15 is 0 Å². The fourth-order valence-corrected chi connectivity index (χ4v) is 2.38. The van der Waals surface area contributed by atoms with Crippen LogP contribution < -0.4 is 10.6 Å². The second-order valence-electron chi connectivity index (χ2n) is 4.65. The molecule has 0 saturated carbocycles. The lowest BCUT2D eigenvalue weighted by molar-refractivity contribution is 0.0917. The second-order valence-corrected chi connectivity index (χ2v) is 5.56. The number of hydrogen-bond acceptors (Lipinski definition) is 6. The van der Waals surface area contributed by atoms with Gasteiger partial charge in [-0.25, -0.2) is 9.50 Å². The van der Waals surface area contributed by atoms with E-state index in [0.29, 0.717) is 25.4 Å². The monoisotopic (exact) mass is 340 g/mol. The number of nitrogens with one attached hydrogen (secondary N) is 2. The predicted molar refractivity (Wildman–Crippen MR) is 73.2 cm³/mol. The minimum Gasteiger partial charge on any atom is -0.391 e. The van der Waals surface area contributed by atoms with Crippen LogP contribution in [0.3, 0.4) is 0 Å². The summed E-state index contributed by atoms with van der Waals surface area (Å²) in [7, 11) is 0. The number of aromatic nitrogens is 4. The molecule has 2 unspecified atom stereocenters. The number of carbonyl (C=O) groups is 1. The minimum atomic E-state index is -0.429. The number of aliphatic hydroxyl groups excluding tert-OH is 1. The predicted octanol–water partition coefficient (Wildman–Crippen LogP) is -0.803. The first kappa shape index (κ1) is 13.4. The lowest BCUT2D eigenvalue weighted by Gasteiger charge is -2.12. The highest BCUT2D eigenvalue weighted by Crippen LogP contribution is 2.09. The Morgan fingerprint density at radius 2 is 2.45 bits per heavy atom. The molecule has 20 heavy (non-hydrogen) atoms. The Balaban J connectivity index is 1.69. The van der Waals surface area contributed by atoms with Crippen LogP contribution in [0.1, 0.15) is 10.6 Å². The van der Waals surface area contributed by atoms with Gasteiger partial charge in [0.05, 0.1) is 10.6 Å². The van der Waals surface area contributed by atoms with Gasteiger partial charge in [-0.15, -0.1) is 5.10 Å². The zero-order chi connectivity index (χ0) is 14.1. The van der Waals surface area contributed by atoms with Crippen LogP contribution in [0.4, 0.5) is 0 Å². The average molecular weight is 341 g/mol. The fourth-order valence-electron chi connectivity index (χ4n) is 2.09. The standard InChI is InChI=1S/C11H13BrN6O2/c12-7-3-15-11-16-9(17-18(11)5-7)10(20)14-2-6-1-13-4-8(6)19/h3,5-6,8,13,19H,1-2,4H2,(H,14,20). The Bertz CT molecular complexity index is 645. The molecule has 1 saturated heterocycles. The molecule has 0 bridgehead atoms. The van der Waals surface area contributed by atoms with Gasteiger partial charge in [-0.2, -0.15) is 4.98 Å². The van der Waals surface area contributed by atoms with E-state index in [9.17, 15) is 9.90 Å². The van der Waals surface area contributed by atoms with Crippen molar-refractivity contribution >= 4 is 27.6 Å². The third-order valence-electron chi connectivity index (χ3n) is 3.19. The molecule has 0 aliphatic carbocycles. The highest BCUT2D eigenvalue weighted by atomic mass is 79.9. The smallest absolute Gasteiger partial charge is 0.291 e. The molecular formula is C11H13BrN6O2. The van der Waals surface area contributed by atoms with Crippen LogP contribution >= 0.6 is 15.9 Å². The maximum Gasteiger partial charge on any atom is 0.291 e. The normalized spacial score (nSPS) is 22.3. The molecule has 1 aliphatic heterocycles. The molecule has 1 fully saturated rings. The number of amides is 1. The summed E-state index contributed by atoms with van der Waals surface area (Å²) < 4.78 is 2.19. The Morgan fingerprint density at radius 1 is 1.60 bits per heavy atom. The molecule has 3 rings (SSSR count). The van der Waals surface area contributed by atoms with Crippen LogP contribution in [0.15, 0.2) is 16.9 Å². The van der Waals surface area contributed by atoms with Gasteiger partial charge in [0.1, 0.15) is 0 Å². The Kier molecular flexibility index (Phi) is 3.64. The summed E-state index contributed by atoms with van der Waals surface area (Å²) in [6, 6.07) is 0. The lowest BCUT2D eigenvalue weighted by Crippen LogP contribution is -2.34. The summed E-state index contributed by atoms with van der Waals surface area (Å²) >= 11 is 3.27. The van der Waals surface area contributed by atoms with E-state index in [-0.39, 0.29) is 17.6 Å². The molecule has 0 spiro atoms. The summed E-state index contributed by atoms with van der Waals surface area (Å²) in [6.07, 6.45) is 2.84. The third kappa shape index (κ3) is 2.65. The second kappa shape index (κ2) is 5.43. The van der Waals surface area contributed by atoms with Crippen LogP contribution in [-0.4, -0.2) is 56.3 Å². The van der Waals surface area contributed by atoms with E-state index in [0.717, 1.165) is 4.47 Å². The Morgan fingerprint density at radius 3 is 3.20 bits per heavy atom. The largest absolute Gasteiger partial charge is 0.391 e. The zero-order valence-corrected chi connectivity index (χ0v) is 12.0. The van der Waals surface area contributed by atoms with Gasteiger partial charge in [0.25, 0.3) is 11.7 Å². The van der Waals surface area contributed by atoms with Crippen LogP contribution in [0.2, 0.25) is 0 Å². The van der Waals surface area contributed by atoms with Gasteiger partial charge in [-0.1, -0.05) is 0 Å². The molecule has 8 nitrogen and oxygen atoms in total. The first-order valence-corrected chi connectivity index (χ1v) is 6.97. The summed E-state index contributed by atoms with van der Waals surface area (Å²) in [5.74, 6) is 0.0749. The van der Waals surface area contributed by atoms with Gasteiger partial charge in [0.15, 0.2) is 0 Å². The van der Waals surface area contributed by atoms with E-state index in [2.05, 4.69) is 41.6 Å². The number of carbonyl (C=O) groups excluding carboxylic acids is 1. The minimum absolute atomic E-state index is 0.0169. The van der Waals surface area contributed by atoms with Crippen molar-refractivity contribution in [2.45, 2.75) is 6.10 Å². The molecule has 1 amide bonds. The first-order valence-electron chi connectivity index (χ1n) is 6.18. The van der Waals surface area contributed by atoms with Crippen LogP contribution in [0.25, 0.3) is 5.78 Å². The topological polar surface area (TPSA) is 104 Å². The highest BCUT2D eigenvalue weighted by Gasteiger charge is 2.25. The van der Waals surface area contributed by atoms with Crippen molar-refractivity contribution in [3.8, 4) is 0 Å². The van der Waals surface area contributed by atoms with Crippen molar-refractivity contribution in [1.82, 2.24) is 30.2 Å². The molecule has 3 heterocycles. The number of hydrogen-bond donors (Lipinski definition) is 3. The molecule has 1 aliphatic rings. The van der Waals surface area contributed by atoms with E-state index in [1.165, 1.54) is 4.52 Å². The van der Waals surface area contributed by atoms with Crippen molar-refractivity contribution in [3.05, 3.63) is 22.7 Å². The van der Waals surface area contributed by atoms with Crippen molar-refractivity contribution in [3.63, 3.8) is 0 Å². The maximum atomic E-state index is 12.0. The summed E-state index contributed by atoms with van der Waals surface area (Å²) in [6.45, 7) is 1.64. The van der Waals surface area contributed by atoms with Gasteiger partial charge >= 0.3 is 0 Å². The molecular weight excluding hydrogens is 328 g/mol. The number of halogens is 1. The zero-order valence-electron chi connectivity index (χ0n) is 10.5. The highest BCUT2D eigenvalue weighted by molar-refractivity contribution is 9.10. The number of aliphatic hydroxyl groups is 1. The van der Waals surface area contributed by atoms with Crippen LogP contribution in [0.5, 0.6) is 0 Å². The van der Waals surface area contributed by atoms with E-state index in [1.807, 2.05) is 0 Å². The molecule has 3 N–H and O–H groups in total. The summed E-state index contributed by atoms with van der Waals surface area (Å²) in [5, 5.41) is 19.5. The maximum absolute atomic E-state index is 12.0. The van der Waals surface area contributed by atoms with E-state index in [4.69, 9.17) is 0 Å². The van der Waals surface area contributed by atoms with Gasteiger partial charge < -0.3 is 15.7 Å². The number of nitrogens with zero attached hydrogens (tertiary/aromatic N) is 4. The molecule has 2 aromatic heterocycles. The van der Waals surface area contributed by atoms with Crippen molar-refractivity contribution in [1.29, 1.82) is 0 Å². The summed E-state index contributed by atoms with van der Waals surface area (Å²) in [5.41, 5.74) is 0. The number of β-amino-alcohol motifs (C(OH)–C–C–N with tert-alkyl or cyclic N) is 1. The van der Waals surface area contributed by atoms with E-state index in [1.54, 1.807) is 12.4 Å². The van der Waals surface area contributed by atoms with E-state index < -0.39 is 6.10 Å². The molecule has 9 heteroatoms. The number of rotatable bonds is 3. The number of fused-ring (bicyclic) bond motifs is 1. The molecule has 0 radical (unpaired) electrons. The van der Waals surface area contributed by atoms with Gasteiger partial charge in [0, 0.05) is 37.9 Å². The first-order chi connectivity index (χ1) is 9.63. The Labute approximate surface area is 122 Å². The van der Waals surface area contributed by atoms with Crippen molar-refractivity contribution in [2.75, 3.05) is 19.6 Å².